The first-order valence-corrected chi connectivity index (χ1v) is 18.3. The van der Waals surface area contributed by atoms with E-state index in [4.69, 9.17) is 6.57 Å². The van der Waals surface area contributed by atoms with Gasteiger partial charge in [0.25, 0.3) is 0 Å². The van der Waals surface area contributed by atoms with Gasteiger partial charge < -0.3 is 13.7 Å². The molecule has 0 bridgehead atoms. The zero-order valence-electron chi connectivity index (χ0n) is 29.5. The highest BCUT2D eigenvalue weighted by molar-refractivity contribution is 6.13. The van der Waals surface area contributed by atoms with Crippen LogP contribution in [0, 0.1) is 17.9 Å². The Morgan fingerprint density at radius 3 is 1.51 bits per heavy atom. The first kappa shape index (κ1) is 30.7. The van der Waals surface area contributed by atoms with Gasteiger partial charge in [-0.25, -0.2) is 4.85 Å². The highest BCUT2D eigenvalue weighted by Gasteiger charge is 2.19. The SMILES string of the molecule is [C-]#[N+]c1ccc(-c2ccc(-n3c4ccccc4c4ccc(-n5c6ccccc6c6ccccc65)cc43)cc2)cc1-n1c2ccccc2c2cccc(C#N)c21. The highest BCUT2D eigenvalue weighted by Crippen LogP contribution is 2.40. The molecule has 5 heteroatoms. The van der Waals surface area contributed by atoms with Gasteiger partial charge in [0.1, 0.15) is 6.07 Å². The molecular weight excluding hydrogens is 671 g/mol. The second-order valence-corrected chi connectivity index (χ2v) is 14.0. The number of nitriles is 1. The molecule has 11 rings (SSSR count). The summed E-state index contributed by atoms with van der Waals surface area (Å²) in [5.41, 5.74) is 12.5. The van der Waals surface area contributed by atoms with Crippen LogP contribution < -0.4 is 0 Å². The fourth-order valence-electron chi connectivity index (χ4n) is 8.72. The third kappa shape index (κ3) is 4.45. The fourth-order valence-corrected chi connectivity index (χ4v) is 8.72. The van der Waals surface area contributed by atoms with Crippen LogP contribution in [0.5, 0.6) is 0 Å². The highest BCUT2D eigenvalue weighted by atomic mass is 15.0. The summed E-state index contributed by atoms with van der Waals surface area (Å²) in [5, 5.41) is 17.1. The molecule has 55 heavy (non-hydrogen) atoms. The molecule has 0 amide bonds. The largest absolute Gasteiger partial charge is 0.318 e. The molecule has 254 valence electrons. The lowest BCUT2D eigenvalue weighted by molar-refractivity contribution is 1.15. The van der Waals surface area contributed by atoms with Crippen molar-refractivity contribution in [2.75, 3.05) is 0 Å². The van der Waals surface area contributed by atoms with Gasteiger partial charge in [0.2, 0.25) is 5.69 Å². The van der Waals surface area contributed by atoms with E-state index in [1.165, 1.54) is 32.6 Å². The Kier molecular flexibility index (Phi) is 6.61. The van der Waals surface area contributed by atoms with Gasteiger partial charge in [-0.2, -0.15) is 5.26 Å². The van der Waals surface area contributed by atoms with Crippen molar-refractivity contribution in [3.8, 4) is 34.3 Å². The number of fused-ring (bicyclic) bond motifs is 9. The maximum atomic E-state index is 10.1. The number of rotatable bonds is 4. The van der Waals surface area contributed by atoms with Gasteiger partial charge in [0, 0.05) is 43.7 Å². The molecule has 5 nitrogen and oxygen atoms in total. The molecule has 0 saturated heterocycles. The van der Waals surface area contributed by atoms with E-state index >= 15 is 0 Å². The minimum atomic E-state index is 0.528. The van der Waals surface area contributed by atoms with Crippen LogP contribution in [0.4, 0.5) is 5.69 Å². The molecule has 0 spiro atoms. The molecule has 3 heterocycles. The first-order valence-electron chi connectivity index (χ1n) is 18.3. The van der Waals surface area contributed by atoms with Gasteiger partial charge in [-0.3, -0.25) is 0 Å². The Morgan fingerprint density at radius 1 is 0.418 bits per heavy atom. The van der Waals surface area contributed by atoms with Gasteiger partial charge in [0.15, 0.2) is 0 Å². The summed E-state index contributed by atoms with van der Waals surface area (Å²) in [4.78, 5) is 3.94. The van der Waals surface area contributed by atoms with E-state index in [-0.39, 0.29) is 0 Å². The van der Waals surface area contributed by atoms with Crippen LogP contribution >= 0.6 is 0 Å². The van der Waals surface area contributed by atoms with E-state index < -0.39 is 0 Å². The minimum Gasteiger partial charge on any atom is -0.318 e. The number of hydrogen-bond acceptors (Lipinski definition) is 1. The van der Waals surface area contributed by atoms with Crippen molar-refractivity contribution in [1.29, 1.82) is 5.26 Å². The second kappa shape index (κ2) is 11.8. The summed E-state index contributed by atoms with van der Waals surface area (Å²) in [6, 6.07) is 63.7. The molecule has 0 atom stereocenters. The molecule has 0 aliphatic heterocycles. The van der Waals surface area contributed by atoms with Crippen LogP contribution in [0.15, 0.2) is 176 Å². The van der Waals surface area contributed by atoms with Crippen LogP contribution in [0.25, 0.3) is 98.5 Å². The van der Waals surface area contributed by atoms with Gasteiger partial charge >= 0.3 is 0 Å². The lowest BCUT2D eigenvalue weighted by atomic mass is 10.0. The van der Waals surface area contributed by atoms with E-state index in [1.54, 1.807) is 0 Å². The maximum Gasteiger partial charge on any atom is 0.210 e. The second-order valence-electron chi connectivity index (χ2n) is 14.0. The van der Waals surface area contributed by atoms with Crippen LogP contribution in [0.2, 0.25) is 0 Å². The normalized spacial score (nSPS) is 11.6. The molecule has 0 aliphatic carbocycles. The van der Waals surface area contributed by atoms with Crippen molar-refractivity contribution in [2.24, 2.45) is 0 Å². The fraction of sp³-hybridized carbons (Fsp3) is 0. The van der Waals surface area contributed by atoms with E-state index in [1.807, 2.05) is 36.4 Å². The Morgan fingerprint density at radius 2 is 0.909 bits per heavy atom. The summed E-state index contributed by atoms with van der Waals surface area (Å²) in [5.74, 6) is 0. The summed E-state index contributed by atoms with van der Waals surface area (Å²) < 4.78 is 6.82. The van der Waals surface area contributed by atoms with Crippen molar-refractivity contribution < 1.29 is 0 Å². The van der Waals surface area contributed by atoms with E-state index in [2.05, 4.69) is 164 Å². The van der Waals surface area contributed by atoms with Crippen LogP contribution in [0.3, 0.4) is 0 Å². The average molecular weight is 700 g/mol. The molecule has 8 aromatic carbocycles. The van der Waals surface area contributed by atoms with Gasteiger partial charge in [0.05, 0.1) is 50.9 Å². The number of benzene rings is 8. The molecule has 3 aromatic heterocycles. The zero-order valence-corrected chi connectivity index (χ0v) is 29.5. The molecule has 11 aromatic rings. The van der Waals surface area contributed by atoms with Crippen molar-refractivity contribution in [3.05, 3.63) is 193 Å². The molecular formula is C50H29N5. The average Bonchev–Trinajstić information content (AvgIpc) is 3.89. The molecule has 0 aliphatic rings. The van der Waals surface area contributed by atoms with Crippen molar-refractivity contribution in [3.63, 3.8) is 0 Å². The van der Waals surface area contributed by atoms with E-state index in [9.17, 15) is 5.26 Å². The quantitative estimate of drug-likeness (QED) is 0.169. The predicted molar refractivity (Wildman–Crippen MR) is 226 cm³/mol. The zero-order chi connectivity index (χ0) is 36.6. The monoisotopic (exact) mass is 699 g/mol. The van der Waals surface area contributed by atoms with E-state index in [0.29, 0.717) is 11.3 Å². The third-order valence-corrected chi connectivity index (χ3v) is 11.1. The van der Waals surface area contributed by atoms with Crippen LogP contribution in [-0.2, 0) is 0 Å². The van der Waals surface area contributed by atoms with Crippen LogP contribution in [0.1, 0.15) is 5.56 Å². The minimum absolute atomic E-state index is 0.528. The maximum absolute atomic E-state index is 10.1. The smallest absolute Gasteiger partial charge is 0.210 e. The lowest BCUT2D eigenvalue weighted by Gasteiger charge is -2.14. The van der Waals surface area contributed by atoms with Gasteiger partial charge in [-0.1, -0.05) is 115 Å². The van der Waals surface area contributed by atoms with Gasteiger partial charge in [-0.15, -0.1) is 0 Å². The topological polar surface area (TPSA) is 42.9 Å². The Bertz CT molecular complexity index is 3400. The number of nitrogens with zero attached hydrogens (tertiary/aromatic N) is 5. The van der Waals surface area contributed by atoms with Crippen molar-refractivity contribution in [1.82, 2.24) is 13.7 Å². The number of hydrogen-bond donors (Lipinski definition) is 0. The Hall–Kier alpha value is -7.86. The first-order chi connectivity index (χ1) is 27.2. The predicted octanol–water partition coefficient (Wildman–Crippen LogP) is 13.1. The molecule has 0 unspecified atom stereocenters. The van der Waals surface area contributed by atoms with Crippen LogP contribution in [-0.4, -0.2) is 13.7 Å². The summed E-state index contributed by atoms with van der Waals surface area (Å²) in [6.45, 7) is 8.10. The molecule has 0 fully saturated rings. The Labute approximate surface area is 316 Å². The summed E-state index contributed by atoms with van der Waals surface area (Å²) in [6.07, 6.45) is 0. The molecule has 0 radical (unpaired) electrons. The Balaban J connectivity index is 1.07. The number of aromatic nitrogens is 3. The van der Waals surface area contributed by atoms with Gasteiger partial charge in [-0.05, 0) is 71.8 Å². The van der Waals surface area contributed by atoms with Crippen molar-refractivity contribution >= 4 is 71.1 Å². The summed E-state index contributed by atoms with van der Waals surface area (Å²) in [7, 11) is 0. The lowest BCUT2D eigenvalue weighted by Crippen LogP contribution is -1.98. The third-order valence-electron chi connectivity index (χ3n) is 11.1. The number of para-hydroxylation sites is 5. The standard InChI is InChI=1S/C50H29N5/c1-52-43-28-23-33(29-49(43)55-47-20-9-5-15-40(47)42-16-10-11-34(31-51)50(42)55)32-21-24-35(25-22-32)53-44-17-6-4-14-39(44)41-27-26-36(30-48(41)53)54-45-18-7-2-12-37(45)38-13-3-8-19-46(38)54/h2-30H. The summed E-state index contributed by atoms with van der Waals surface area (Å²) >= 11 is 0. The van der Waals surface area contributed by atoms with E-state index in [0.717, 1.165) is 61.0 Å². The molecule has 0 N–H and O–H groups in total. The molecule has 0 saturated carbocycles. The van der Waals surface area contributed by atoms with Crippen molar-refractivity contribution in [2.45, 2.75) is 0 Å².